The van der Waals surface area contributed by atoms with Gasteiger partial charge >= 0.3 is 0 Å². The normalized spacial score (nSPS) is 16.8. The van der Waals surface area contributed by atoms with E-state index in [0.717, 1.165) is 4.90 Å². The zero-order chi connectivity index (χ0) is 20.9. The van der Waals surface area contributed by atoms with E-state index in [1.165, 1.54) is 43.4 Å². The fraction of sp³-hybridized carbons (Fsp3) is 0.158. The van der Waals surface area contributed by atoms with Crippen LogP contribution in [0.1, 0.15) is 37.5 Å². The molecule has 0 atom stereocenters. The Bertz CT molecular complexity index is 1200. The highest BCUT2D eigenvalue weighted by atomic mass is 32.2. The van der Waals surface area contributed by atoms with Gasteiger partial charge in [-0.2, -0.15) is 0 Å². The third-order valence-corrected chi connectivity index (χ3v) is 6.67. The number of anilines is 1. The first kappa shape index (κ1) is 18.8. The Kier molecular flexibility index (Phi) is 4.23. The van der Waals surface area contributed by atoms with Crippen LogP contribution in [-0.4, -0.2) is 54.8 Å². The van der Waals surface area contributed by atoms with Crippen molar-refractivity contribution >= 4 is 39.3 Å². The summed E-state index contributed by atoms with van der Waals surface area (Å²) >= 11 is 0. The molecule has 4 amide bonds. The SMILES string of the molecule is CN1C(=O)c2ccc(NC(=O)CCN3C(=O)c4ccccc4S3(=O)=O)cc2C1=O. The zero-order valence-electron chi connectivity index (χ0n) is 15.2. The number of rotatable bonds is 4. The third kappa shape index (κ3) is 2.88. The number of imide groups is 1. The van der Waals surface area contributed by atoms with E-state index >= 15 is 0 Å². The third-order valence-electron chi connectivity index (χ3n) is 4.83. The number of carbonyl (C=O) groups excluding carboxylic acids is 4. The van der Waals surface area contributed by atoms with E-state index in [9.17, 15) is 27.6 Å². The van der Waals surface area contributed by atoms with E-state index < -0.39 is 33.7 Å². The molecular formula is C19H15N3O6S. The highest BCUT2D eigenvalue weighted by Crippen LogP contribution is 2.30. The first-order valence-electron chi connectivity index (χ1n) is 8.64. The van der Waals surface area contributed by atoms with Crippen LogP contribution in [0.15, 0.2) is 47.4 Å². The molecule has 0 radical (unpaired) electrons. The van der Waals surface area contributed by atoms with Crippen LogP contribution in [-0.2, 0) is 14.8 Å². The maximum absolute atomic E-state index is 12.5. The van der Waals surface area contributed by atoms with Gasteiger partial charge in [-0.1, -0.05) is 12.1 Å². The lowest BCUT2D eigenvalue weighted by atomic mass is 10.1. The molecule has 29 heavy (non-hydrogen) atoms. The average molecular weight is 413 g/mol. The van der Waals surface area contributed by atoms with Gasteiger partial charge in [0.1, 0.15) is 4.90 Å². The summed E-state index contributed by atoms with van der Waals surface area (Å²) in [5, 5.41) is 2.56. The summed E-state index contributed by atoms with van der Waals surface area (Å²) in [7, 11) is -2.61. The Balaban J connectivity index is 1.45. The van der Waals surface area contributed by atoms with Crippen LogP contribution in [0.25, 0.3) is 0 Å². The molecule has 0 aromatic heterocycles. The summed E-state index contributed by atoms with van der Waals surface area (Å²) in [6.45, 7) is -0.313. The average Bonchev–Trinajstić information content (AvgIpc) is 3.03. The van der Waals surface area contributed by atoms with Gasteiger partial charge in [0, 0.05) is 25.7 Å². The second-order valence-corrected chi connectivity index (χ2v) is 8.44. The van der Waals surface area contributed by atoms with Crippen molar-refractivity contribution in [3.63, 3.8) is 0 Å². The number of fused-ring (bicyclic) bond motifs is 2. The summed E-state index contributed by atoms with van der Waals surface area (Å²) < 4.78 is 25.7. The minimum absolute atomic E-state index is 0.0728. The van der Waals surface area contributed by atoms with Crippen LogP contribution in [0.3, 0.4) is 0 Å². The summed E-state index contributed by atoms with van der Waals surface area (Å²) in [6.07, 6.45) is -0.261. The number of benzene rings is 2. The Morgan fingerprint density at radius 1 is 0.931 bits per heavy atom. The molecule has 2 heterocycles. The van der Waals surface area contributed by atoms with E-state index in [2.05, 4.69) is 5.32 Å². The molecule has 0 fully saturated rings. The molecule has 9 nitrogen and oxygen atoms in total. The topological polar surface area (TPSA) is 121 Å². The van der Waals surface area contributed by atoms with Crippen LogP contribution >= 0.6 is 0 Å². The summed E-state index contributed by atoms with van der Waals surface area (Å²) in [5.41, 5.74) is 0.813. The smallest absolute Gasteiger partial charge is 0.269 e. The van der Waals surface area contributed by atoms with Crippen molar-refractivity contribution in [3.8, 4) is 0 Å². The molecule has 148 valence electrons. The molecule has 1 N–H and O–H groups in total. The van der Waals surface area contributed by atoms with E-state index in [0.29, 0.717) is 9.99 Å². The number of carbonyl (C=O) groups is 4. The van der Waals surface area contributed by atoms with Crippen LogP contribution < -0.4 is 5.32 Å². The van der Waals surface area contributed by atoms with E-state index in [4.69, 9.17) is 0 Å². The maximum Gasteiger partial charge on any atom is 0.269 e. The van der Waals surface area contributed by atoms with Crippen LogP contribution in [0.4, 0.5) is 5.69 Å². The summed E-state index contributed by atoms with van der Waals surface area (Å²) in [5.74, 6) is -2.08. The van der Waals surface area contributed by atoms with Crippen molar-refractivity contribution in [2.24, 2.45) is 0 Å². The van der Waals surface area contributed by atoms with Crippen LogP contribution in [0.2, 0.25) is 0 Å². The van der Waals surface area contributed by atoms with Crippen molar-refractivity contribution < 1.29 is 27.6 Å². The number of amides is 4. The number of hydrogen-bond donors (Lipinski definition) is 1. The van der Waals surface area contributed by atoms with Gasteiger partial charge in [-0.3, -0.25) is 24.1 Å². The van der Waals surface area contributed by atoms with Crippen molar-refractivity contribution in [3.05, 3.63) is 59.2 Å². The molecular weight excluding hydrogens is 398 g/mol. The molecule has 2 aliphatic heterocycles. The van der Waals surface area contributed by atoms with Gasteiger partial charge in [-0.05, 0) is 30.3 Å². The van der Waals surface area contributed by atoms with Gasteiger partial charge in [0.15, 0.2) is 0 Å². The molecule has 0 bridgehead atoms. The lowest BCUT2D eigenvalue weighted by Gasteiger charge is -2.14. The van der Waals surface area contributed by atoms with Crippen LogP contribution in [0.5, 0.6) is 0 Å². The Morgan fingerprint density at radius 3 is 2.34 bits per heavy atom. The first-order chi connectivity index (χ1) is 13.7. The van der Waals surface area contributed by atoms with Crippen molar-refractivity contribution in [1.82, 2.24) is 9.21 Å². The predicted octanol–water partition coefficient (Wildman–Crippen LogP) is 1.09. The van der Waals surface area contributed by atoms with Crippen molar-refractivity contribution in [2.75, 3.05) is 18.9 Å². The lowest BCUT2D eigenvalue weighted by Crippen LogP contribution is -2.33. The first-order valence-corrected chi connectivity index (χ1v) is 10.1. The standard InChI is InChI=1S/C19H15N3O6S/c1-21-17(24)12-7-6-11(10-14(12)18(21)25)20-16(23)8-9-22-19(26)13-4-2-3-5-15(13)29(22,27)28/h2-7,10H,8-9H2,1H3,(H,20,23). The maximum atomic E-state index is 12.5. The van der Waals surface area contributed by atoms with Gasteiger partial charge < -0.3 is 5.32 Å². The zero-order valence-corrected chi connectivity index (χ0v) is 16.0. The quantitative estimate of drug-likeness (QED) is 0.749. The fourth-order valence-corrected chi connectivity index (χ4v) is 4.89. The highest BCUT2D eigenvalue weighted by molar-refractivity contribution is 7.90. The summed E-state index contributed by atoms with van der Waals surface area (Å²) in [6, 6.07) is 10.2. The minimum Gasteiger partial charge on any atom is -0.326 e. The van der Waals surface area contributed by atoms with E-state index in [-0.39, 0.29) is 34.6 Å². The van der Waals surface area contributed by atoms with Gasteiger partial charge in [-0.25, -0.2) is 12.7 Å². The minimum atomic E-state index is -3.98. The number of nitrogens with one attached hydrogen (secondary N) is 1. The van der Waals surface area contributed by atoms with Crippen molar-refractivity contribution in [2.45, 2.75) is 11.3 Å². The number of sulfonamides is 1. The number of nitrogens with zero attached hydrogens (tertiary/aromatic N) is 2. The highest BCUT2D eigenvalue weighted by Gasteiger charge is 2.40. The molecule has 0 saturated heterocycles. The number of hydrogen-bond acceptors (Lipinski definition) is 6. The second kappa shape index (κ2) is 6.52. The largest absolute Gasteiger partial charge is 0.326 e. The molecule has 0 unspecified atom stereocenters. The molecule has 0 spiro atoms. The predicted molar refractivity (Wildman–Crippen MR) is 101 cm³/mol. The Morgan fingerprint density at radius 2 is 1.62 bits per heavy atom. The van der Waals surface area contributed by atoms with Gasteiger partial charge in [0.05, 0.1) is 16.7 Å². The monoisotopic (exact) mass is 413 g/mol. The Labute approximate surface area is 166 Å². The molecule has 2 aromatic carbocycles. The van der Waals surface area contributed by atoms with E-state index in [1.54, 1.807) is 6.07 Å². The molecule has 10 heteroatoms. The van der Waals surface area contributed by atoms with Gasteiger partial charge in [0.25, 0.3) is 27.7 Å². The molecule has 0 aliphatic carbocycles. The van der Waals surface area contributed by atoms with Gasteiger partial charge in [-0.15, -0.1) is 0 Å². The fourth-order valence-electron chi connectivity index (χ4n) is 3.32. The molecule has 4 rings (SSSR count). The molecule has 2 aromatic rings. The lowest BCUT2D eigenvalue weighted by molar-refractivity contribution is -0.116. The van der Waals surface area contributed by atoms with Crippen molar-refractivity contribution in [1.29, 1.82) is 0 Å². The van der Waals surface area contributed by atoms with E-state index in [1.807, 2.05) is 0 Å². The van der Waals surface area contributed by atoms with Gasteiger partial charge in [0.2, 0.25) is 5.91 Å². The van der Waals surface area contributed by atoms with Crippen LogP contribution in [0, 0.1) is 0 Å². The summed E-state index contributed by atoms with van der Waals surface area (Å²) in [4.78, 5) is 49.5. The second-order valence-electron chi connectivity index (χ2n) is 6.61. The molecule has 2 aliphatic rings. The molecule has 0 saturated carbocycles. The Hall–Kier alpha value is -3.53.